The Labute approximate surface area is 123 Å². The van der Waals surface area contributed by atoms with Gasteiger partial charge in [0.1, 0.15) is 12.4 Å². The Balaban J connectivity index is 1.58. The number of pyridine rings is 1. The Kier molecular flexibility index (Phi) is 4.00. The number of fused-ring (bicyclic) bond motifs is 1. The molecular formula is C16H17N3O2. The summed E-state index contributed by atoms with van der Waals surface area (Å²) >= 11 is 0. The van der Waals surface area contributed by atoms with Crippen molar-refractivity contribution in [3.05, 3.63) is 54.4 Å². The number of nitrogens with one attached hydrogen (secondary N) is 1. The quantitative estimate of drug-likeness (QED) is 0.926. The van der Waals surface area contributed by atoms with E-state index in [1.165, 1.54) is 0 Å². The third kappa shape index (κ3) is 3.31. The third-order valence-electron chi connectivity index (χ3n) is 3.40. The Morgan fingerprint density at radius 2 is 2.05 bits per heavy atom. The van der Waals surface area contributed by atoms with Gasteiger partial charge in [-0.2, -0.15) is 0 Å². The van der Waals surface area contributed by atoms with Crippen LogP contribution in [-0.4, -0.2) is 30.6 Å². The first-order valence-electron chi connectivity index (χ1n) is 6.95. The summed E-state index contributed by atoms with van der Waals surface area (Å²) in [5, 5.41) is 2.93. The zero-order valence-corrected chi connectivity index (χ0v) is 11.7. The third-order valence-corrected chi connectivity index (χ3v) is 3.40. The van der Waals surface area contributed by atoms with Gasteiger partial charge in [0.25, 0.3) is 0 Å². The summed E-state index contributed by atoms with van der Waals surface area (Å²) in [7, 11) is 0. The molecule has 5 heteroatoms. The van der Waals surface area contributed by atoms with Gasteiger partial charge in [0.2, 0.25) is 5.91 Å². The van der Waals surface area contributed by atoms with Crippen molar-refractivity contribution in [2.75, 3.05) is 24.6 Å². The number of anilines is 1. The molecule has 1 aromatic carbocycles. The highest BCUT2D eigenvalue weighted by molar-refractivity contribution is 5.82. The summed E-state index contributed by atoms with van der Waals surface area (Å²) in [6, 6.07) is 11.6. The molecule has 1 aromatic heterocycles. The van der Waals surface area contributed by atoms with E-state index in [1.807, 2.05) is 41.3 Å². The average molecular weight is 283 g/mol. The maximum atomic E-state index is 12.1. The summed E-state index contributed by atoms with van der Waals surface area (Å²) in [5.74, 6) is 0.842. The topological polar surface area (TPSA) is 54.5 Å². The van der Waals surface area contributed by atoms with Crippen LogP contribution in [0.25, 0.3) is 0 Å². The van der Waals surface area contributed by atoms with Gasteiger partial charge in [-0.25, -0.2) is 0 Å². The smallest absolute Gasteiger partial charge is 0.239 e. The molecule has 21 heavy (non-hydrogen) atoms. The predicted octanol–water partition coefficient (Wildman–Crippen LogP) is 1.60. The van der Waals surface area contributed by atoms with Gasteiger partial charge in [-0.15, -0.1) is 0 Å². The Morgan fingerprint density at radius 1 is 1.24 bits per heavy atom. The van der Waals surface area contributed by atoms with Crippen LogP contribution in [-0.2, 0) is 11.3 Å². The van der Waals surface area contributed by atoms with Gasteiger partial charge in [0.05, 0.1) is 18.8 Å². The molecule has 5 nitrogen and oxygen atoms in total. The first-order chi connectivity index (χ1) is 10.3. The van der Waals surface area contributed by atoms with Gasteiger partial charge in [0.15, 0.2) is 0 Å². The number of carbonyl (C=O) groups excluding carboxylic acids is 1. The van der Waals surface area contributed by atoms with Gasteiger partial charge in [-0.05, 0) is 29.8 Å². The monoisotopic (exact) mass is 283 g/mol. The van der Waals surface area contributed by atoms with Crippen LogP contribution in [0, 0.1) is 0 Å². The largest absolute Gasteiger partial charge is 0.490 e. The number of amides is 1. The van der Waals surface area contributed by atoms with Crippen LogP contribution >= 0.6 is 0 Å². The molecule has 0 saturated heterocycles. The summed E-state index contributed by atoms with van der Waals surface area (Å²) in [5.41, 5.74) is 2.02. The van der Waals surface area contributed by atoms with Crippen LogP contribution in [0.4, 0.5) is 5.69 Å². The van der Waals surface area contributed by atoms with E-state index < -0.39 is 0 Å². The van der Waals surface area contributed by atoms with Gasteiger partial charge >= 0.3 is 0 Å². The molecule has 0 fully saturated rings. The molecule has 0 atom stereocenters. The summed E-state index contributed by atoms with van der Waals surface area (Å²) in [4.78, 5) is 18.1. The van der Waals surface area contributed by atoms with Crippen molar-refractivity contribution in [2.45, 2.75) is 6.54 Å². The van der Waals surface area contributed by atoms with E-state index in [2.05, 4.69) is 10.3 Å². The molecule has 2 aromatic rings. The molecule has 108 valence electrons. The highest BCUT2D eigenvalue weighted by atomic mass is 16.5. The van der Waals surface area contributed by atoms with E-state index in [4.69, 9.17) is 4.74 Å². The standard InChI is InChI=1S/C16H17N3O2/c20-16(18-11-13-5-7-17-8-6-13)12-19-9-10-21-15-4-2-1-3-14(15)19/h1-8H,9-12H2,(H,18,20). The second-order valence-corrected chi connectivity index (χ2v) is 4.87. The molecule has 0 unspecified atom stereocenters. The fraction of sp³-hybridized carbons (Fsp3) is 0.250. The zero-order chi connectivity index (χ0) is 14.5. The lowest BCUT2D eigenvalue weighted by Gasteiger charge is -2.30. The lowest BCUT2D eigenvalue weighted by Crippen LogP contribution is -2.41. The van der Waals surface area contributed by atoms with E-state index in [0.717, 1.165) is 23.5 Å². The number of rotatable bonds is 4. The normalized spacial score (nSPS) is 13.2. The lowest BCUT2D eigenvalue weighted by molar-refractivity contribution is -0.120. The molecule has 1 aliphatic rings. The SMILES string of the molecule is O=C(CN1CCOc2ccccc21)NCc1ccncc1. The van der Waals surface area contributed by atoms with Crippen LogP contribution < -0.4 is 15.0 Å². The second kappa shape index (κ2) is 6.26. The minimum atomic E-state index is 0.00325. The van der Waals surface area contributed by atoms with Crippen molar-refractivity contribution in [1.82, 2.24) is 10.3 Å². The van der Waals surface area contributed by atoms with Crippen LogP contribution in [0.1, 0.15) is 5.56 Å². The molecular weight excluding hydrogens is 266 g/mol. The van der Waals surface area contributed by atoms with E-state index in [-0.39, 0.29) is 5.91 Å². The zero-order valence-electron chi connectivity index (χ0n) is 11.7. The average Bonchev–Trinajstić information content (AvgIpc) is 2.54. The molecule has 2 heterocycles. The van der Waals surface area contributed by atoms with Gasteiger partial charge in [-0.3, -0.25) is 9.78 Å². The minimum Gasteiger partial charge on any atom is -0.490 e. The Hall–Kier alpha value is -2.56. The first-order valence-corrected chi connectivity index (χ1v) is 6.95. The number of hydrogen-bond acceptors (Lipinski definition) is 4. The maximum absolute atomic E-state index is 12.1. The van der Waals surface area contributed by atoms with Gasteiger partial charge < -0.3 is 15.0 Å². The van der Waals surface area contributed by atoms with Gasteiger partial charge in [0, 0.05) is 18.9 Å². The van der Waals surface area contributed by atoms with Crippen molar-refractivity contribution in [1.29, 1.82) is 0 Å². The molecule has 0 bridgehead atoms. The highest BCUT2D eigenvalue weighted by Gasteiger charge is 2.19. The van der Waals surface area contributed by atoms with Crippen molar-refractivity contribution in [3.8, 4) is 5.75 Å². The van der Waals surface area contributed by atoms with E-state index in [1.54, 1.807) is 12.4 Å². The predicted molar refractivity (Wildman–Crippen MR) is 80.2 cm³/mol. The molecule has 1 amide bonds. The lowest BCUT2D eigenvalue weighted by atomic mass is 10.2. The van der Waals surface area contributed by atoms with Crippen LogP contribution in [0.5, 0.6) is 5.75 Å². The number of nitrogens with zero attached hydrogens (tertiary/aromatic N) is 2. The number of ether oxygens (including phenoxy) is 1. The molecule has 0 spiro atoms. The van der Waals surface area contributed by atoms with Crippen LogP contribution in [0.2, 0.25) is 0 Å². The van der Waals surface area contributed by atoms with Crippen molar-refractivity contribution in [2.24, 2.45) is 0 Å². The summed E-state index contributed by atoms with van der Waals surface area (Å²) in [6.45, 7) is 2.19. The van der Waals surface area contributed by atoms with Crippen LogP contribution in [0.3, 0.4) is 0 Å². The number of hydrogen-bond donors (Lipinski definition) is 1. The van der Waals surface area contributed by atoms with Gasteiger partial charge in [-0.1, -0.05) is 12.1 Å². The molecule has 1 aliphatic heterocycles. The Bertz CT molecular complexity index is 616. The van der Waals surface area contributed by atoms with Crippen molar-refractivity contribution in [3.63, 3.8) is 0 Å². The van der Waals surface area contributed by atoms with Crippen LogP contribution in [0.15, 0.2) is 48.8 Å². The second-order valence-electron chi connectivity index (χ2n) is 4.87. The number of benzene rings is 1. The molecule has 0 aliphatic carbocycles. The van der Waals surface area contributed by atoms with E-state index >= 15 is 0 Å². The molecule has 0 radical (unpaired) electrons. The number of carbonyl (C=O) groups is 1. The number of para-hydroxylation sites is 2. The van der Waals surface area contributed by atoms with E-state index in [0.29, 0.717) is 19.7 Å². The van der Waals surface area contributed by atoms with E-state index in [9.17, 15) is 4.79 Å². The minimum absolute atomic E-state index is 0.00325. The fourth-order valence-electron chi connectivity index (χ4n) is 2.32. The molecule has 3 rings (SSSR count). The maximum Gasteiger partial charge on any atom is 0.239 e. The number of aromatic nitrogens is 1. The van der Waals surface area contributed by atoms with Crippen molar-refractivity contribution < 1.29 is 9.53 Å². The molecule has 0 saturated carbocycles. The fourth-order valence-corrected chi connectivity index (χ4v) is 2.32. The summed E-state index contributed by atoms with van der Waals surface area (Å²) < 4.78 is 5.58. The molecule has 1 N–H and O–H groups in total. The highest BCUT2D eigenvalue weighted by Crippen LogP contribution is 2.30. The Morgan fingerprint density at radius 3 is 2.90 bits per heavy atom. The summed E-state index contributed by atoms with van der Waals surface area (Å²) in [6.07, 6.45) is 3.44. The van der Waals surface area contributed by atoms with Crippen molar-refractivity contribution >= 4 is 11.6 Å². The first kappa shape index (κ1) is 13.4.